The van der Waals surface area contributed by atoms with Crippen molar-refractivity contribution in [2.75, 3.05) is 17.7 Å². The molecule has 0 spiro atoms. The number of carbonyl (C=O) groups excluding carboxylic acids is 1. The molecule has 7 heteroatoms. The van der Waals surface area contributed by atoms with Gasteiger partial charge in [-0.2, -0.15) is 0 Å². The highest BCUT2D eigenvalue weighted by molar-refractivity contribution is 6.37. The molecular weight excluding hydrogens is 321 g/mol. The predicted molar refractivity (Wildman–Crippen MR) is 83.2 cm³/mol. The Morgan fingerprint density at radius 3 is 2.60 bits per heavy atom. The van der Waals surface area contributed by atoms with E-state index < -0.39 is 5.91 Å². The Labute approximate surface area is 131 Å². The molecular formula is C13H10Cl3N3O. The number of aromatic nitrogens is 1. The predicted octanol–water partition coefficient (Wildman–Crippen LogP) is 4.34. The third-order valence-electron chi connectivity index (χ3n) is 2.53. The van der Waals surface area contributed by atoms with E-state index in [1.807, 2.05) is 0 Å². The standard InChI is InChI=1S/C13H10Cl3N3O/c1-17-12-5-8(10(16)6-18-12)13(20)19-11-4-7(14)2-3-9(11)15/h2-6H,1H3,(H,17,18)(H,19,20). The van der Waals surface area contributed by atoms with Gasteiger partial charge in [0.1, 0.15) is 5.82 Å². The number of hydrogen-bond acceptors (Lipinski definition) is 3. The number of carbonyl (C=O) groups is 1. The zero-order chi connectivity index (χ0) is 14.7. The van der Waals surface area contributed by atoms with Crippen LogP contribution in [0.4, 0.5) is 11.5 Å². The molecule has 0 unspecified atom stereocenters. The summed E-state index contributed by atoms with van der Waals surface area (Å²) in [6.07, 6.45) is 1.40. The van der Waals surface area contributed by atoms with Gasteiger partial charge in [0.05, 0.1) is 21.3 Å². The van der Waals surface area contributed by atoms with E-state index in [-0.39, 0.29) is 5.02 Å². The number of nitrogens with zero attached hydrogens (tertiary/aromatic N) is 1. The number of pyridine rings is 1. The molecule has 0 aliphatic heterocycles. The second kappa shape index (κ2) is 6.31. The smallest absolute Gasteiger partial charge is 0.257 e. The van der Waals surface area contributed by atoms with E-state index in [2.05, 4.69) is 15.6 Å². The first-order valence-corrected chi connectivity index (χ1v) is 6.74. The van der Waals surface area contributed by atoms with E-state index >= 15 is 0 Å². The Kier molecular flexibility index (Phi) is 4.70. The quantitative estimate of drug-likeness (QED) is 0.880. The van der Waals surface area contributed by atoms with Crippen LogP contribution < -0.4 is 10.6 Å². The lowest BCUT2D eigenvalue weighted by Gasteiger charge is -2.09. The lowest BCUT2D eigenvalue weighted by Crippen LogP contribution is -2.13. The van der Waals surface area contributed by atoms with E-state index in [9.17, 15) is 4.79 Å². The molecule has 2 rings (SSSR count). The normalized spacial score (nSPS) is 10.2. The summed E-state index contributed by atoms with van der Waals surface area (Å²) in [4.78, 5) is 16.2. The molecule has 0 saturated heterocycles. The molecule has 1 aromatic carbocycles. The van der Waals surface area contributed by atoms with Crippen molar-refractivity contribution in [1.29, 1.82) is 0 Å². The summed E-state index contributed by atoms with van der Waals surface area (Å²) < 4.78 is 0. The summed E-state index contributed by atoms with van der Waals surface area (Å²) in [7, 11) is 1.70. The Morgan fingerprint density at radius 2 is 1.90 bits per heavy atom. The van der Waals surface area contributed by atoms with Gasteiger partial charge < -0.3 is 10.6 Å². The Morgan fingerprint density at radius 1 is 1.15 bits per heavy atom. The summed E-state index contributed by atoms with van der Waals surface area (Å²) in [5, 5.41) is 6.61. The van der Waals surface area contributed by atoms with E-state index in [1.165, 1.54) is 6.20 Å². The van der Waals surface area contributed by atoms with Crippen molar-refractivity contribution in [3.8, 4) is 0 Å². The van der Waals surface area contributed by atoms with Gasteiger partial charge >= 0.3 is 0 Å². The number of benzene rings is 1. The molecule has 0 radical (unpaired) electrons. The van der Waals surface area contributed by atoms with E-state index in [4.69, 9.17) is 34.8 Å². The molecule has 0 aliphatic rings. The largest absolute Gasteiger partial charge is 0.373 e. The van der Waals surface area contributed by atoms with Crippen LogP contribution in [0, 0.1) is 0 Å². The van der Waals surface area contributed by atoms with Gasteiger partial charge in [-0.05, 0) is 24.3 Å². The van der Waals surface area contributed by atoms with Crippen LogP contribution in [0.15, 0.2) is 30.5 Å². The summed E-state index contributed by atoms with van der Waals surface area (Å²) >= 11 is 17.8. The highest BCUT2D eigenvalue weighted by Crippen LogP contribution is 2.27. The lowest BCUT2D eigenvalue weighted by atomic mass is 10.2. The zero-order valence-electron chi connectivity index (χ0n) is 10.4. The van der Waals surface area contributed by atoms with Gasteiger partial charge in [0.2, 0.25) is 0 Å². The number of rotatable bonds is 3. The maximum absolute atomic E-state index is 12.2. The van der Waals surface area contributed by atoms with Crippen molar-refractivity contribution in [3.63, 3.8) is 0 Å². The molecule has 0 bridgehead atoms. The molecule has 0 fully saturated rings. The van der Waals surface area contributed by atoms with Gasteiger partial charge in [0, 0.05) is 18.3 Å². The van der Waals surface area contributed by atoms with Gasteiger partial charge in [0.25, 0.3) is 5.91 Å². The number of amides is 1. The minimum atomic E-state index is -0.391. The molecule has 1 amide bonds. The minimum absolute atomic E-state index is 0.250. The lowest BCUT2D eigenvalue weighted by molar-refractivity contribution is 0.102. The first kappa shape index (κ1) is 14.9. The number of nitrogens with one attached hydrogen (secondary N) is 2. The highest BCUT2D eigenvalue weighted by Gasteiger charge is 2.13. The van der Waals surface area contributed by atoms with Gasteiger partial charge in [-0.15, -0.1) is 0 Å². The number of anilines is 2. The maximum Gasteiger partial charge on any atom is 0.257 e. The van der Waals surface area contributed by atoms with Crippen molar-refractivity contribution in [1.82, 2.24) is 4.98 Å². The second-order valence-electron chi connectivity index (χ2n) is 3.88. The molecule has 0 aliphatic carbocycles. The summed E-state index contributed by atoms with van der Waals surface area (Å²) in [6.45, 7) is 0. The van der Waals surface area contributed by atoms with Crippen LogP contribution in [0.25, 0.3) is 0 Å². The summed E-state index contributed by atoms with van der Waals surface area (Å²) in [5.41, 5.74) is 0.713. The van der Waals surface area contributed by atoms with Crippen LogP contribution in [-0.2, 0) is 0 Å². The average Bonchev–Trinajstić information content (AvgIpc) is 2.43. The number of hydrogen-bond donors (Lipinski definition) is 2. The van der Waals surface area contributed by atoms with Crippen LogP contribution in [0.2, 0.25) is 15.1 Å². The van der Waals surface area contributed by atoms with Gasteiger partial charge in [-0.3, -0.25) is 4.79 Å². The SMILES string of the molecule is CNc1cc(C(=O)Nc2cc(Cl)ccc2Cl)c(Cl)cn1. The third-order valence-corrected chi connectivity index (χ3v) is 3.40. The Hall–Kier alpha value is -1.49. The summed E-state index contributed by atoms with van der Waals surface area (Å²) in [5.74, 6) is 0.148. The second-order valence-corrected chi connectivity index (χ2v) is 5.13. The van der Waals surface area contributed by atoms with E-state index in [1.54, 1.807) is 31.3 Å². The van der Waals surface area contributed by atoms with Crippen LogP contribution in [-0.4, -0.2) is 17.9 Å². The van der Waals surface area contributed by atoms with Crippen molar-refractivity contribution in [3.05, 3.63) is 51.1 Å². The molecule has 1 heterocycles. The maximum atomic E-state index is 12.2. The highest BCUT2D eigenvalue weighted by atomic mass is 35.5. The molecule has 20 heavy (non-hydrogen) atoms. The Balaban J connectivity index is 2.30. The van der Waals surface area contributed by atoms with E-state index in [0.29, 0.717) is 27.1 Å². The van der Waals surface area contributed by atoms with Crippen molar-refractivity contribution >= 4 is 52.2 Å². The number of halogens is 3. The molecule has 2 N–H and O–H groups in total. The van der Waals surface area contributed by atoms with Gasteiger partial charge in [-0.1, -0.05) is 34.8 Å². The fourth-order valence-electron chi connectivity index (χ4n) is 1.53. The van der Waals surface area contributed by atoms with Crippen LogP contribution >= 0.6 is 34.8 Å². The monoisotopic (exact) mass is 329 g/mol. The molecule has 104 valence electrons. The minimum Gasteiger partial charge on any atom is -0.373 e. The average molecular weight is 331 g/mol. The fraction of sp³-hybridized carbons (Fsp3) is 0.0769. The van der Waals surface area contributed by atoms with E-state index in [0.717, 1.165) is 0 Å². The van der Waals surface area contributed by atoms with Crippen molar-refractivity contribution < 1.29 is 4.79 Å². The topological polar surface area (TPSA) is 54.0 Å². The Bertz CT molecular complexity index is 661. The summed E-state index contributed by atoms with van der Waals surface area (Å²) in [6, 6.07) is 6.36. The third kappa shape index (κ3) is 3.33. The fourth-order valence-corrected chi connectivity index (χ4v) is 2.06. The van der Waals surface area contributed by atoms with Crippen LogP contribution in [0.1, 0.15) is 10.4 Å². The molecule has 4 nitrogen and oxygen atoms in total. The zero-order valence-corrected chi connectivity index (χ0v) is 12.6. The molecule has 0 atom stereocenters. The molecule has 2 aromatic rings. The van der Waals surface area contributed by atoms with Crippen LogP contribution in [0.3, 0.4) is 0 Å². The van der Waals surface area contributed by atoms with Crippen molar-refractivity contribution in [2.45, 2.75) is 0 Å². The van der Waals surface area contributed by atoms with Gasteiger partial charge in [0.15, 0.2) is 0 Å². The van der Waals surface area contributed by atoms with Crippen molar-refractivity contribution in [2.24, 2.45) is 0 Å². The first-order valence-electron chi connectivity index (χ1n) is 5.61. The molecule has 0 saturated carbocycles. The van der Waals surface area contributed by atoms with Crippen LogP contribution in [0.5, 0.6) is 0 Å². The van der Waals surface area contributed by atoms with Gasteiger partial charge in [-0.25, -0.2) is 4.98 Å². The molecule has 1 aromatic heterocycles. The first-order chi connectivity index (χ1) is 9.51.